The summed E-state index contributed by atoms with van der Waals surface area (Å²) >= 11 is 1.66. The highest BCUT2D eigenvalue weighted by molar-refractivity contribution is 8.14. The summed E-state index contributed by atoms with van der Waals surface area (Å²) in [4.78, 5) is 4.28. The van der Waals surface area contributed by atoms with Crippen molar-refractivity contribution >= 4 is 17.3 Å². The summed E-state index contributed by atoms with van der Waals surface area (Å²) in [6, 6.07) is 0. The molecule has 0 aromatic rings. The predicted molar refractivity (Wildman–Crippen MR) is 59.8 cm³/mol. The molecular weight excluding hydrogens is 166 g/mol. The Morgan fingerprint density at radius 1 is 1.42 bits per heavy atom. The molecule has 0 radical (unpaired) electrons. The fourth-order valence-electron chi connectivity index (χ4n) is 0.595. The molecular formula is C10H19NS. The van der Waals surface area contributed by atoms with Gasteiger partial charge >= 0.3 is 0 Å². The third-order valence-electron chi connectivity index (χ3n) is 1.27. The second-order valence-electron chi connectivity index (χ2n) is 3.53. The van der Waals surface area contributed by atoms with Gasteiger partial charge in [0.2, 0.25) is 0 Å². The number of allylic oxidation sites excluding steroid dienone is 1. The maximum absolute atomic E-state index is 4.28. The number of aliphatic imine (C=N–C) groups is 1. The molecule has 2 heteroatoms. The van der Waals surface area contributed by atoms with Gasteiger partial charge in [-0.1, -0.05) is 31.2 Å². The largest absolute Gasteiger partial charge is 0.286 e. The van der Waals surface area contributed by atoms with Crippen LogP contribution < -0.4 is 0 Å². The van der Waals surface area contributed by atoms with E-state index < -0.39 is 0 Å². The first-order chi connectivity index (χ1) is 5.63. The molecule has 0 N–H and O–H groups in total. The van der Waals surface area contributed by atoms with Crippen molar-refractivity contribution < 1.29 is 0 Å². The van der Waals surface area contributed by atoms with Crippen LogP contribution in [0.3, 0.4) is 0 Å². The van der Waals surface area contributed by atoms with Crippen LogP contribution in [0.2, 0.25) is 0 Å². The quantitative estimate of drug-likeness (QED) is 0.470. The fourth-order valence-corrected chi connectivity index (χ4v) is 1.12. The van der Waals surface area contributed by atoms with Crippen molar-refractivity contribution in [3.63, 3.8) is 0 Å². The van der Waals surface area contributed by atoms with Gasteiger partial charge in [0.05, 0.1) is 5.55 Å². The lowest BCUT2D eigenvalue weighted by Gasteiger charge is -1.98. The van der Waals surface area contributed by atoms with Crippen LogP contribution in [0.4, 0.5) is 0 Å². The van der Waals surface area contributed by atoms with Crippen molar-refractivity contribution in [1.29, 1.82) is 0 Å². The van der Waals surface area contributed by atoms with Gasteiger partial charge < -0.3 is 0 Å². The third-order valence-corrected chi connectivity index (χ3v) is 2.15. The zero-order valence-corrected chi connectivity index (χ0v) is 9.32. The van der Waals surface area contributed by atoms with Crippen LogP contribution in [-0.2, 0) is 0 Å². The van der Waals surface area contributed by atoms with Gasteiger partial charge in [-0.05, 0) is 31.6 Å². The lowest BCUT2D eigenvalue weighted by atomic mass is 10.1. The molecule has 0 aliphatic carbocycles. The van der Waals surface area contributed by atoms with Crippen molar-refractivity contribution in [3.8, 4) is 0 Å². The highest BCUT2D eigenvalue weighted by atomic mass is 32.2. The number of hydrogen-bond donors (Lipinski definition) is 0. The molecule has 0 unspecified atom stereocenters. The topological polar surface area (TPSA) is 12.4 Å². The van der Waals surface area contributed by atoms with Crippen molar-refractivity contribution in [2.24, 2.45) is 10.9 Å². The van der Waals surface area contributed by atoms with E-state index in [-0.39, 0.29) is 0 Å². The second-order valence-corrected chi connectivity index (χ2v) is 4.24. The minimum absolute atomic E-state index is 0.760. The molecule has 0 spiro atoms. The van der Waals surface area contributed by atoms with Crippen molar-refractivity contribution in [2.45, 2.75) is 34.1 Å². The Hall–Kier alpha value is -0.240. The van der Waals surface area contributed by atoms with Crippen LogP contribution in [0, 0.1) is 5.92 Å². The summed E-state index contributed by atoms with van der Waals surface area (Å²) in [6.07, 6.45) is 1.19. The SMILES string of the molecule is CC(C)=CSC=NCCC(C)C. The van der Waals surface area contributed by atoms with Gasteiger partial charge in [-0.25, -0.2) is 0 Å². The van der Waals surface area contributed by atoms with E-state index in [1.165, 1.54) is 12.0 Å². The minimum Gasteiger partial charge on any atom is -0.286 e. The Bertz CT molecular complexity index is 155. The first kappa shape index (κ1) is 11.8. The first-order valence-corrected chi connectivity index (χ1v) is 5.34. The first-order valence-electron chi connectivity index (χ1n) is 4.40. The highest BCUT2D eigenvalue weighted by Crippen LogP contribution is 2.03. The van der Waals surface area contributed by atoms with Crippen molar-refractivity contribution in [1.82, 2.24) is 0 Å². The van der Waals surface area contributed by atoms with Gasteiger partial charge in [0.15, 0.2) is 0 Å². The Balaban J connectivity index is 3.32. The Kier molecular flexibility index (Phi) is 7.26. The summed E-state index contributed by atoms with van der Waals surface area (Å²) in [7, 11) is 0. The minimum atomic E-state index is 0.760. The molecule has 0 atom stereocenters. The molecule has 70 valence electrons. The molecule has 12 heavy (non-hydrogen) atoms. The van der Waals surface area contributed by atoms with E-state index in [1.54, 1.807) is 11.8 Å². The summed E-state index contributed by atoms with van der Waals surface area (Å²) in [5.74, 6) is 0.760. The highest BCUT2D eigenvalue weighted by Gasteiger charge is 1.89. The van der Waals surface area contributed by atoms with E-state index in [9.17, 15) is 0 Å². The summed E-state index contributed by atoms with van der Waals surface area (Å²) in [5, 5.41) is 2.11. The molecule has 0 saturated carbocycles. The van der Waals surface area contributed by atoms with Crippen LogP contribution >= 0.6 is 11.8 Å². The molecule has 0 rings (SSSR count). The lowest BCUT2D eigenvalue weighted by molar-refractivity contribution is 0.598. The van der Waals surface area contributed by atoms with E-state index in [0.717, 1.165) is 12.5 Å². The van der Waals surface area contributed by atoms with Gasteiger partial charge in [-0.2, -0.15) is 0 Å². The van der Waals surface area contributed by atoms with Crippen LogP contribution in [0.1, 0.15) is 34.1 Å². The number of thioether (sulfide) groups is 1. The molecule has 0 heterocycles. The average Bonchev–Trinajstić information content (AvgIpc) is 1.95. The standard InChI is InChI=1S/C10H19NS/c1-9(2)5-6-11-8-12-7-10(3)4/h7-9H,5-6H2,1-4H3. The van der Waals surface area contributed by atoms with Crippen molar-refractivity contribution in [2.75, 3.05) is 6.54 Å². The van der Waals surface area contributed by atoms with E-state index in [4.69, 9.17) is 0 Å². The van der Waals surface area contributed by atoms with E-state index in [1.807, 2.05) is 5.55 Å². The smallest absolute Gasteiger partial charge is 0.0583 e. The van der Waals surface area contributed by atoms with Gasteiger partial charge in [-0.3, -0.25) is 4.99 Å². The molecule has 0 fully saturated rings. The summed E-state index contributed by atoms with van der Waals surface area (Å²) < 4.78 is 0. The van der Waals surface area contributed by atoms with Crippen molar-refractivity contribution in [3.05, 3.63) is 11.0 Å². The zero-order chi connectivity index (χ0) is 9.40. The molecule has 0 amide bonds. The monoisotopic (exact) mass is 185 g/mol. The van der Waals surface area contributed by atoms with Gasteiger partial charge in [0.25, 0.3) is 0 Å². The summed E-state index contributed by atoms with van der Waals surface area (Å²) in [5.41, 5.74) is 3.25. The predicted octanol–water partition coefficient (Wildman–Crippen LogP) is 3.72. The van der Waals surface area contributed by atoms with E-state index >= 15 is 0 Å². The maximum atomic E-state index is 4.28. The molecule has 0 saturated heterocycles. The number of rotatable bonds is 5. The van der Waals surface area contributed by atoms with E-state index in [0.29, 0.717) is 0 Å². The fraction of sp³-hybridized carbons (Fsp3) is 0.700. The van der Waals surface area contributed by atoms with Gasteiger partial charge in [0.1, 0.15) is 0 Å². The molecule has 1 nitrogen and oxygen atoms in total. The lowest BCUT2D eigenvalue weighted by Crippen LogP contribution is -1.89. The van der Waals surface area contributed by atoms with Crippen LogP contribution in [0.15, 0.2) is 16.0 Å². The third kappa shape index (κ3) is 9.76. The molecule has 0 aliphatic rings. The number of hydrogen-bond acceptors (Lipinski definition) is 2. The molecule has 0 aromatic carbocycles. The van der Waals surface area contributed by atoms with E-state index in [2.05, 4.69) is 38.1 Å². The summed E-state index contributed by atoms with van der Waals surface area (Å²) in [6.45, 7) is 9.59. The number of nitrogens with zero attached hydrogens (tertiary/aromatic N) is 1. The Labute approximate surface area is 80.4 Å². The molecule has 0 bridgehead atoms. The van der Waals surface area contributed by atoms with Crippen LogP contribution in [0.5, 0.6) is 0 Å². The zero-order valence-electron chi connectivity index (χ0n) is 8.50. The maximum Gasteiger partial charge on any atom is 0.0583 e. The van der Waals surface area contributed by atoms with Gasteiger partial charge in [0, 0.05) is 6.54 Å². The average molecular weight is 185 g/mol. The van der Waals surface area contributed by atoms with Crippen LogP contribution in [-0.4, -0.2) is 12.1 Å². The molecule has 0 aromatic heterocycles. The molecule has 0 aliphatic heterocycles. The Morgan fingerprint density at radius 2 is 2.08 bits per heavy atom. The Morgan fingerprint density at radius 3 is 2.58 bits per heavy atom. The van der Waals surface area contributed by atoms with Gasteiger partial charge in [-0.15, -0.1) is 0 Å². The van der Waals surface area contributed by atoms with Crippen LogP contribution in [0.25, 0.3) is 0 Å². The normalized spacial score (nSPS) is 11.1. The second kappa shape index (κ2) is 7.41.